The van der Waals surface area contributed by atoms with E-state index in [1.54, 1.807) is 16.4 Å². The zero-order valence-corrected chi connectivity index (χ0v) is 17.0. The lowest BCUT2D eigenvalue weighted by Gasteiger charge is -2.20. The molecular formula is C22H25N3O3S. The maximum Gasteiger partial charge on any atom is 0.251 e. The minimum absolute atomic E-state index is 0.234. The third-order valence-corrected chi connectivity index (χ3v) is 7.26. The standard InChI is InChI=1S/C22H25N3O3S/c26-22(23-16-19-15-18-7-3-4-8-21(18)24-19)17-9-11-20(12-10-17)29(27,28)25-13-5-1-2-6-14-25/h3-4,7-12,15,24H,1-2,5-6,13-14,16H2,(H,23,26). The van der Waals surface area contributed by atoms with Crippen molar-refractivity contribution in [2.45, 2.75) is 37.1 Å². The Balaban J connectivity index is 1.42. The fraction of sp³-hybridized carbons (Fsp3) is 0.318. The number of hydrogen-bond donors (Lipinski definition) is 2. The number of nitrogens with zero attached hydrogens (tertiary/aromatic N) is 1. The predicted octanol–water partition coefficient (Wildman–Crippen LogP) is 3.66. The number of benzene rings is 2. The van der Waals surface area contributed by atoms with Gasteiger partial charge in [0.1, 0.15) is 0 Å². The van der Waals surface area contributed by atoms with Crippen LogP contribution in [0, 0.1) is 0 Å². The molecule has 0 bridgehead atoms. The van der Waals surface area contributed by atoms with E-state index in [0.29, 0.717) is 25.2 Å². The van der Waals surface area contributed by atoms with Crippen molar-refractivity contribution in [1.82, 2.24) is 14.6 Å². The van der Waals surface area contributed by atoms with Crippen molar-refractivity contribution in [3.63, 3.8) is 0 Å². The minimum atomic E-state index is -3.50. The van der Waals surface area contributed by atoms with E-state index in [-0.39, 0.29) is 10.8 Å². The summed E-state index contributed by atoms with van der Waals surface area (Å²) in [4.78, 5) is 16.0. The molecule has 0 aliphatic carbocycles. The SMILES string of the molecule is O=C(NCc1cc2ccccc2[nH]1)c1ccc(S(=O)(=O)N2CCCCCC2)cc1. The summed E-state index contributed by atoms with van der Waals surface area (Å²) in [5.41, 5.74) is 2.38. The van der Waals surface area contributed by atoms with Gasteiger partial charge in [0.2, 0.25) is 10.0 Å². The Morgan fingerprint density at radius 1 is 0.966 bits per heavy atom. The number of rotatable bonds is 5. The Bertz CT molecular complexity index is 1060. The van der Waals surface area contributed by atoms with E-state index in [9.17, 15) is 13.2 Å². The number of H-pyrrole nitrogens is 1. The van der Waals surface area contributed by atoms with E-state index >= 15 is 0 Å². The van der Waals surface area contributed by atoms with Gasteiger partial charge in [0, 0.05) is 29.9 Å². The van der Waals surface area contributed by atoms with Gasteiger partial charge in [-0.15, -0.1) is 0 Å². The van der Waals surface area contributed by atoms with Crippen LogP contribution in [0.3, 0.4) is 0 Å². The number of hydrogen-bond acceptors (Lipinski definition) is 3. The molecule has 2 N–H and O–H groups in total. The van der Waals surface area contributed by atoms with Crippen LogP contribution in [-0.4, -0.2) is 36.7 Å². The Labute approximate surface area is 171 Å². The lowest BCUT2D eigenvalue weighted by molar-refractivity contribution is 0.0950. The summed E-state index contributed by atoms with van der Waals surface area (Å²) in [5.74, 6) is -0.234. The van der Waals surface area contributed by atoms with E-state index in [1.807, 2.05) is 30.3 Å². The minimum Gasteiger partial charge on any atom is -0.357 e. The Morgan fingerprint density at radius 3 is 2.34 bits per heavy atom. The van der Waals surface area contributed by atoms with E-state index in [4.69, 9.17) is 0 Å². The maximum absolute atomic E-state index is 12.8. The molecule has 2 heterocycles. The zero-order chi connectivity index (χ0) is 20.3. The highest BCUT2D eigenvalue weighted by Gasteiger charge is 2.25. The molecule has 1 saturated heterocycles. The summed E-state index contributed by atoms with van der Waals surface area (Å²) < 4.78 is 27.2. The Hall–Kier alpha value is -2.64. The Kier molecular flexibility index (Phi) is 5.69. The van der Waals surface area contributed by atoms with Gasteiger partial charge < -0.3 is 10.3 Å². The molecule has 29 heavy (non-hydrogen) atoms. The van der Waals surface area contributed by atoms with Crippen molar-refractivity contribution in [1.29, 1.82) is 0 Å². The molecule has 3 aromatic rings. The topological polar surface area (TPSA) is 82.3 Å². The lowest BCUT2D eigenvalue weighted by atomic mass is 10.2. The third kappa shape index (κ3) is 4.36. The van der Waals surface area contributed by atoms with Crippen molar-refractivity contribution in [3.8, 4) is 0 Å². The molecule has 4 rings (SSSR count). The van der Waals surface area contributed by atoms with Crippen LogP contribution in [0.5, 0.6) is 0 Å². The van der Waals surface area contributed by atoms with Gasteiger partial charge in [0.05, 0.1) is 11.4 Å². The molecule has 0 atom stereocenters. The predicted molar refractivity (Wildman–Crippen MR) is 113 cm³/mol. The molecule has 1 aromatic heterocycles. The van der Waals surface area contributed by atoms with Crippen molar-refractivity contribution in [2.75, 3.05) is 13.1 Å². The molecule has 0 saturated carbocycles. The fourth-order valence-electron chi connectivity index (χ4n) is 3.72. The summed E-state index contributed by atoms with van der Waals surface area (Å²) >= 11 is 0. The highest BCUT2D eigenvalue weighted by atomic mass is 32.2. The normalized spacial score (nSPS) is 15.9. The molecule has 6 nitrogen and oxygen atoms in total. The number of carbonyl (C=O) groups excluding carboxylic acids is 1. The van der Waals surface area contributed by atoms with Gasteiger partial charge in [0.25, 0.3) is 5.91 Å². The molecule has 0 radical (unpaired) electrons. The van der Waals surface area contributed by atoms with Crippen LogP contribution in [0.1, 0.15) is 41.7 Å². The van der Waals surface area contributed by atoms with Gasteiger partial charge in [0.15, 0.2) is 0 Å². The van der Waals surface area contributed by atoms with E-state index < -0.39 is 10.0 Å². The van der Waals surface area contributed by atoms with Crippen molar-refractivity contribution in [3.05, 3.63) is 65.9 Å². The number of para-hydroxylation sites is 1. The number of amides is 1. The van der Waals surface area contributed by atoms with Crippen LogP contribution >= 0.6 is 0 Å². The molecule has 0 unspecified atom stereocenters. The van der Waals surface area contributed by atoms with Crippen LogP contribution in [0.15, 0.2) is 59.5 Å². The van der Waals surface area contributed by atoms with Crippen LogP contribution in [0.25, 0.3) is 10.9 Å². The largest absolute Gasteiger partial charge is 0.357 e. The van der Waals surface area contributed by atoms with Gasteiger partial charge in [-0.3, -0.25) is 4.79 Å². The van der Waals surface area contributed by atoms with Gasteiger partial charge in [-0.05, 0) is 54.6 Å². The van der Waals surface area contributed by atoms with Crippen molar-refractivity contribution >= 4 is 26.8 Å². The average Bonchev–Trinajstić information content (AvgIpc) is 2.94. The number of nitrogens with one attached hydrogen (secondary N) is 2. The first-order valence-electron chi connectivity index (χ1n) is 9.99. The first kappa shape index (κ1) is 19.7. The second kappa shape index (κ2) is 8.39. The van der Waals surface area contributed by atoms with E-state index in [1.165, 1.54) is 12.1 Å². The summed E-state index contributed by atoms with van der Waals surface area (Å²) in [7, 11) is -3.50. The third-order valence-electron chi connectivity index (χ3n) is 5.34. The molecule has 0 spiro atoms. The van der Waals surface area contributed by atoms with Crippen LogP contribution in [0.4, 0.5) is 0 Å². The van der Waals surface area contributed by atoms with Crippen molar-refractivity contribution in [2.24, 2.45) is 0 Å². The van der Waals surface area contributed by atoms with Gasteiger partial charge in [-0.2, -0.15) is 4.31 Å². The number of aromatic amines is 1. The molecular weight excluding hydrogens is 386 g/mol. The Morgan fingerprint density at radius 2 is 1.66 bits per heavy atom. The molecule has 1 aliphatic rings. The quantitative estimate of drug-likeness (QED) is 0.672. The number of sulfonamides is 1. The van der Waals surface area contributed by atoms with Gasteiger partial charge in [-0.25, -0.2) is 8.42 Å². The van der Waals surface area contributed by atoms with Crippen molar-refractivity contribution < 1.29 is 13.2 Å². The van der Waals surface area contributed by atoms with E-state index in [2.05, 4.69) is 10.3 Å². The first-order valence-corrected chi connectivity index (χ1v) is 11.4. The molecule has 1 amide bonds. The monoisotopic (exact) mass is 411 g/mol. The van der Waals surface area contributed by atoms with Crippen LogP contribution in [-0.2, 0) is 16.6 Å². The maximum atomic E-state index is 12.8. The van der Waals surface area contributed by atoms with E-state index in [0.717, 1.165) is 42.3 Å². The highest BCUT2D eigenvalue weighted by Crippen LogP contribution is 2.21. The molecule has 7 heteroatoms. The second-order valence-electron chi connectivity index (χ2n) is 7.41. The average molecular weight is 412 g/mol. The smallest absolute Gasteiger partial charge is 0.251 e. The molecule has 1 aliphatic heterocycles. The van der Waals surface area contributed by atoms with Gasteiger partial charge in [-0.1, -0.05) is 31.0 Å². The first-order chi connectivity index (χ1) is 14.0. The molecule has 2 aromatic carbocycles. The number of carbonyl (C=O) groups is 1. The second-order valence-corrected chi connectivity index (χ2v) is 9.35. The summed E-state index contributed by atoms with van der Waals surface area (Å²) in [6.45, 7) is 1.51. The summed E-state index contributed by atoms with van der Waals surface area (Å²) in [6.07, 6.45) is 3.93. The van der Waals surface area contributed by atoms with Gasteiger partial charge >= 0.3 is 0 Å². The van der Waals surface area contributed by atoms with Crippen LogP contribution in [0.2, 0.25) is 0 Å². The lowest BCUT2D eigenvalue weighted by Crippen LogP contribution is -2.32. The summed E-state index contributed by atoms with van der Waals surface area (Å²) in [5, 5.41) is 3.97. The zero-order valence-electron chi connectivity index (χ0n) is 16.2. The molecule has 152 valence electrons. The number of aromatic nitrogens is 1. The summed E-state index contributed by atoms with van der Waals surface area (Å²) in [6, 6.07) is 16.1. The highest BCUT2D eigenvalue weighted by molar-refractivity contribution is 7.89. The molecule has 1 fully saturated rings. The fourth-order valence-corrected chi connectivity index (χ4v) is 5.23. The van der Waals surface area contributed by atoms with Crippen LogP contribution < -0.4 is 5.32 Å². The number of fused-ring (bicyclic) bond motifs is 1.